The van der Waals surface area contributed by atoms with E-state index in [0.717, 1.165) is 6.42 Å². The molecular weight excluding hydrogens is 521 g/mol. The molecule has 3 fully saturated rings. The van der Waals surface area contributed by atoms with E-state index in [1.165, 1.54) is 37.5 Å². The molecule has 1 amide bonds. The van der Waals surface area contributed by atoms with Crippen molar-refractivity contribution in [2.24, 2.45) is 10.4 Å². The van der Waals surface area contributed by atoms with Crippen LogP contribution in [0.15, 0.2) is 46.0 Å². The zero-order valence-electron chi connectivity index (χ0n) is 20.2. The van der Waals surface area contributed by atoms with E-state index in [1.807, 2.05) is 5.38 Å². The van der Waals surface area contributed by atoms with Gasteiger partial charge in [-0.25, -0.2) is 14.2 Å². The Kier molecular flexibility index (Phi) is 6.06. The lowest BCUT2D eigenvalue weighted by molar-refractivity contribution is -0.198. The van der Waals surface area contributed by atoms with Gasteiger partial charge in [0.2, 0.25) is 5.91 Å². The van der Waals surface area contributed by atoms with E-state index in [0.29, 0.717) is 47.4 Å². The Morgan fingerprint density at radius 1 is 1.41 bits per heavy atom. The summed E-state index contributed by atoms with van der Waals surface area (Å²) >= 11 is 7.85. The Balaban J connectivity index is 1.38. The van der Waals surface area contributed by atoms with Crippen LogP contribution >= 0.6 is 22.9 Å². The second-order valence-electron chi connectivity index (χ2n) is 9.71. The standard InChI is InChI=1S/C25H25ClFN5O4S/c1-12(33)29-17-8-18-25(17)11-36-10-19(25)32(18)9-16-20(24(34)35-2)21(14-4-3-13(27)7-15(14)26)31-22(30-16)23-28-5-6-37-23/h3-7,17-19,21H,8-11H2,1-2H3,(H,29,33)(H,30,31)/t17?,18?,19?,21-,25?/m0/s1. The van der Waals surface area contributed by atoms with E-state index in [1.54, 1.807) is 12.3 Å². The molecule has 1 aromatic heterocycles. The fraction of sp³-hybridized carbons (Fsp3) is 0.440. The van der Waals surface area contributed by atoms with Crippen LogP contribution in [-0.4, -0.2) is 72.6 Å². The highest BCUT2D eigenvalue weighted by Gasteiger charge is 2.73. The van der Waals surface area contributed by atoms with Crippen molar-refractivity contribution in [1.29, 1.82) is 0 Å². The van der Waals surface area contributed by atoms with Crippen molar-refractivity contribution in [3.05, 3.63) is 62.5 Å². The molecule has 4 heterocycles. The third-order valence-corrected chi connectivity index (χ3v) is 9.03. The number of aromatic nitrogens is 1. The number of amides is 1. The maximum atomic E-state index is 13.9. The quantitative estimate of drug-likeness (QED) is 0.537. The third-order valence-electron chi connectivity index (χ3n) is 7.92. The van der Waals surface area contributed by atoms with Crippen LogP contribution in [0.25, 0.3) is 0 Å². The number of hydrogen-bond donors (Lipinski definition) is 2. The molecule has 2 N–H and O–H groups in total. The number of carbonyl (C=O) groups excluding carboxylic acids is 2. The van der Waals surface area contributed by atoms with Gasteiger partial charge in [0.05, 0.1) is 25.9 Å². The maximum Gasteiger partial charge on any atom is 0.338 e. The molecule has 0 radical (unpaired) electrons. The summed E-state index contributed by atoms with van der Waals surface area (Å²) in [6.07, 6.45) is 2.49. The van der Waals surface area contributed by atoms with Gasteiger partial charge >= 0.3 is 5.97 Å². The number of nitrogens with one attached hydrogen (secondary N) is 2. The summed E-state index contributed by atoms with van der Waals surface area (Å²) in [5.74, 6) is -0.571. The Bertz CT molecular complexity index is 1330. The Morgan fingerprint density at radius 2 is 2.24 bits per heavy atom. The Morgan fingerprint density at radius 3 is 2.95 bits per heavy atom. The monoisotopic (exact) mass is 545 g/mol. The number of amidine groups is 1. The van der Waals surface area contributed by atoms with Gasteiger partial charge in [-0.1, -0.05) is 17.7 Å². The Labute approximate surface area is 221 Å². The second-order valence-corrected chi connectivity index (χ2v) is 11.0. The summed E-state index contributed by atoms with van der Waals surface area (Å²) < 4.78 is 24.9. The summed E-state index contributed by atoms with van der Waals surface area (Å²) in [6, 6.07) is 3.63. The molecule has 2 saturated heterocycles. The molecule has 1 aromatic carbocycles. The van der Waals surface area contributed by atoms with E-state index in [2.05, 4.69) is 20.5 Å². The highest BCUT2D eigenvalue weighted by atomic mass is 35.5. The number of carbonyl (C=O) groups is 2. The summed E-state index contributed by atoms with van der Waals surface area (Å²) in [7, 11) is 1.32. The number of piperidine rings is 1. The number of benzene rings is 1. The van der Waals surface area contributed by atoms with Crippen LogP contribution < -0.4 is 10.6 Å². The van der Waals surface area contributed by atoms with Crippen molar-refractivity contribution in [2.45, 2.75) is 37.5 Å². The van der Waals surface area contributed by atoms with Crippen molar-refractivity contribution in [2.75, 3.05) is 26.9 Å². The minimum Gasteiger partial charge on any atom is -0.466 e. The van der Waals surface area contributed by atoms with Crippen molar-refractivity contribution in [3.8, 4) is 0 Å². The molecule has 5 atom stereocenters. The molecule has 37 heavy (non-hydrogen) atoms. The molecule has 194 valence electrons. The van der Waals surface area contributed by atoms with Crippen LogP contribution in [0.5, 0.6) is 0 Å². The van der Waals surface area contributed by atoms with Crippen LogP contribution in [-0.2, 0) is 19.1 Å². The fourth-order valence-electron chi connectivity index (χ4n) is 6.28. The number of esters is 1. The number of halogens is 2. The molecule has 3 aliphatic heterocycles. The van der Waals surface area contributed by atoms with Crippen molar-refractivity contribution in [3.63, 3.8) is 0 Å². The first kappa shape index (κ1) is 24.5. The first-order valence-corrected chi connectivity index (χ1v) is 13.2. The molecule has 6 rings (SSSR count). The molecule has 1 aliphatic carbocycles. The number of aliphatic imine (C=N–C) groups is 1. The van der Waals surface area contributed by atoms with Crippen molar-refractivity contribution < 1.29 is 23.5 Å². The van der Waals surface area contributed by atoms with Gasteiger partial charge in [0.15, 0.2) is 10.8 Å². The second kappa shape index (κ2) is 9.16. The summed E-state index contributed by atoms with van der Waals surface area (Å²) in [6.45, 7) is 3.09. The lowest BCUT2D eigenvalue weighted by Gasteiger charge is -2.70. The van der Waals surface area contributed by atoms with Crippen molar-refractivity contribution >= 4 is 40.6 Å². The zero-order valence-corrected chi connectivity index (χ0v) is 21.7. The summed E-state index contributed by atoms with van der Waals surface area (Å²) in [5.41, 5.74) is 1.32. The van der Waals surface area contributed by atoms with Gasteiger partial charge in [0.1, 0.15) is 11.9 Å². The predicted molar refractivity (Wildman–Crippen MR) is 135 cm³/mol. The SMILES string of the molecule is COC(=O)C1=C(CN2C3COCC34C(NC(C)=O)CC24)NC(c2nccs2)=N[C@H]1c1ccc(F)cc1Cl. The number of ether oxygens (including phenoxy) is 2. The van der Waals surface area contributed by atoms with Gasteiger partial charge in [-0.15, -0.1) is 11.3 Å². The van der Waals surface area contributed by atoms with Gasteiger partial charge in [-0.2, -0.15) is 0 Å². The molecule has 0 bridgehead atoms. The van der Waals surface area contributed by atoms with E-state index < -0.39 is 17.8 Å². The molecule has 1 saturated carbocycles. The van der Waals surface area contributed by atoms with Crippen LogP contribution in [0.2, 0.25) is 5.02 Å². The molecular formula is C25H25ClFN5O4S. The van der Waals surface area contributed by atoms with E-state index in [-0.39, 0.29) is 34.5 Å². The highest BCUT2D eigenvalue weighted by molar-refractivity contribution is 7.11. The number of nitrogens with zero attached hydrogens (tertiary/aromatic N) is 3. The molecule has 9 nitrogen and oxygen atoms in total. The topological polar surface area (TPSA) is 105 Å². The maximum absolute atomic E-state index is 13.9. The fourth-order valence-corrected chi connectivity index (χ4v) is 7.14. The van der Waals surface area contributed by atoms with Crippen molar-refractivity contribution in [1.82, 2.24) is 20.5 Å². The molecule has 4 aliphatic rings. The minimum atomic E-state index is -0.810. The van der Waals surface area contributed by atoms with E-state index in [9.17, 15) is 14.0 Å². The molecule has 2 aromatic rings. The number of likely N-dealkylation sites (tertiary alicyclic amines) is 1. The summed E-state index contributed by atoms with van der Waals surface area (Å²) in [4.78, 5) is 36.4. The number of hydrogen-bond acceptors (Lipinski definition) is 9. The van der Waals surface area contributed by atoms with Crippen LogP contribution in [0.4, 0.5) is 4.39 Å². The third kappa shape index (κ3) is 3.79. The van der Waals surface area contributed by atoms with Gasteiger partial charge in [-0.05, 0) is 18.6 Å². The molecule has 12 heteroatoms. The highest BCUT2D eigenvalue weighted by Crippen LogP contribution is 2.60. The zero-order chi connectivity index (χ0) is 25.9. The van der Waals surface area contributed by atoms with Crippen LogP contribution in [0.3, 0.4) is 0 Å². The first-order chi connectivity index (χ1) is 17.8. The number of methoxy groups -OCH3 is 1. The Hall–Kier alpha value is -2.86. The average molecular weight is 546 g/mol. The van der Waals surface area contributed by atoms with Gasteiger partial charge < -0.3 is 20.1 Å². The number of rotatable bonds is 6. The van der Waals surface area contributed by atoms with Gasteiger partial charge in [-0.3, -0.25) is 14.7 Å². The van der Waals surface area contributed by atoms with Crippen LogP contribution in [0.1, 0.15) is 30.0 Å². The molecule has 4 unspecified atom stereocenters. The lowest BCUT2D eigenvalue weighted by atomic mass is 9.50. The van der Waals surface area contributed by atoms with Crippen LogP contribution in [0, 0.1) is 11.2 Å². The van der Waals surface area contributed by atoms with E-state index in [4.69, 9.17) is 26.1 Å². The largest absolute Gasteiger partial charge is 0.466 e. The normalized spacial score (nSPS) is 30.3. The first-order valence-electron chi connectivity index (χ1n) is 11.9. The minimum absolute atomic E-state index is 0.0464. The van der Waals surface area contributed by atoms with E-state index >= 15 is 0 Å². The summed E-state index contributed by atoms with van der Waals surface area (Å²) in [5, 5.41) is 9.08. The number of thiazole rings is 1. The average Bonchev–Trinajstić information content (AvgIpc) is 3.55. The van der Waals surface area contributed by atoms with Gasteiger partial charge in [0, 0.05) is 64.9 Å². The smallest absolute Gasteiger partial charge is 0.338 e. The lowest BCUT2D eigenvalue weighted by Crippen LogP contribution is -2.85. The predicted octanol–water partition coefficient (Wildman–Crippen LogP) is 2.43. The molecule has 1 spiro atoms. The van der Waals surface area contributed by atoms with Gasteiger partial charge in [0.25, 0.3) is 0 Å².